The molecule has 144 valence electrons. The number of aryl methyl sites for hydroxylation is 2. The lowest BCUT2D eigenvalue weighted by atomic mass is 9.94. The largest absolute Gasteiger partial charge is 0.452 e. The van der Waals surface area contributed by atoms with Gasteiger partial charge >= 0.3 is 5.97 Å². The quantitative estimate of drug-likeness (QED) is 0.758. The molecule has 1 amide bonds. The standard InChI is InChI=1S/C21H27N3O3/c1-15-13-16(2)24(22-15)19-11-9-17(10-12-19)21(26)27-14-20(25)23(3)18-7-5-4-6-8-18/h9-13,18H,4-8,14H2,1-3H3. The Morgan fingerprint density at radius 1 is 1.15 bits per heavy atom. The number of amides is 1. The number of aromatic nitrogens is 2. The Bertz CT molecular complexity index is 805. The number of hydrogen-bond acceptors (Lipinski definition) is 4. The van der Waals surface area contributed by atoms with Gasteiger partial charge in [-0.05, 0) is 57.0 Å². The number of benzene rings is 1. The molecule has 0 radical (unpaired) electrons. The van der Waals surface area contributed by atoms with Crippen LogP contribution in [0.1, 0.15) is 53.8 Å². The molecule has 6 nitrogen and oxygen atoms in total. The van der Waals surface area contributed by atoms with Gasteiger partial charge in [0.15, 0.2) is 6.61 Å². The van der Waals surface area contributed by atoms with Gasteiger partial charge in [-0.2, -0.15) is 5.10 Å². The van der Waals surface area contributed by atoms with E-state index in [-0.39, 0.29) is 18.6 Å². The molecule has 3 rings (SSSR count). The molecule has 0 N–H and O–H groups in total. The second kappa shape index (κ2) is 8.37. The second-order valence-corrected chi connectivity index (χ2v) is 7.26. The number of esters is 1. The third-order valence-corrected chi connectivity index (χ3v) is 5.20. The number of nitrogens with zero attached hydrogens (tertiary/aromatic N) is 3. The van der Waals surface area contributed by atoms with E-state index in [0.29, 0.717) is 5.56 Å². The fourth-order valence-corrected chi connectivity index (χ4v) is 3.61. The Morgan fingerprint density at radius 3 is 2.41 bits per heavy atom. The first-order valence-corrected chi connectivity index (χ1v) is 9.52. The van der Waals surface area contributed by atoms with Crippen molar-refractivity contribution < 1.29 is 14.3 Å². The van der Waals surface area contributed by atoms with Crippen molar-refractivity contribution in [1.82, 2.24) is 14.7 Å². The zero-order valence-electron chi connectivity index (χ0n) is 16.3. The minimum atomic E-state index is -0.486. The molecule has 1 aromatic carbocycles. The molecule has 0 saturated heterocycles. The molecule has 1 fully saturated rings. The third kappa shape index (κ3) is 4.56. The Hall–Kier alpha value is -2.63. The first kappa shape index (κ1) is 19.1. The lowest BCUT2D eigenvalue weighted by molar-refractivity contribution is -0.135. The van der Waals surface area contributed by atoms with E-state index < -0.39 is 5.97 Å². The molecule has 6 heteroatoms. The van der Waals surface area contributed by atoms with Crippen molar-refractivity contribution in [3.05, 3.63) is 47.3 Å². The number of hydrogen-bond donors (Lipinski definition) is 0. The molecule has 0 spiro atoms. The zero-order chi connectivity index (χ0) is 19.4. The fourth-order valence-electron chi connectivity index (χ4n) is 3.61. The van der Waals surface area contributed by atoms with Crippen molar-refractivity contribution in [2.24, 2.45) is 0 Å². The molecule has 0 bridgehead atoms. The summed E-state index contributed by atoms with van der Waals surface area (Å²) in [7, 11) is 1.80. The number of ether oxygens (including phenoxy) is 1. The summed E-state index contributed by atoms with van der Waals surface area (Å²) in [6.07, 6.45) is 5.61. The number of carbonyl (C=O) groups is 2. The molecule has 1 aliphatic carbocycles. The van der Waals surface area contributed by atoms with Crippen LogP contribution in [0.2, 0.25) is 0 Å². The summed E-state index contributed by atoms with van der Waals surface area (Å²) in [5.41, 5.74) is 3.27. The van der Waals surface area contributed by atoms with Crippen LogP contribution >= 0.6 is 0 Å². The summed E-state index contributed by atoms with van der Waals surface area (Å²) in [5, 5.41) is 4.43. The van der Waals surface area contributed by atoms with Crippen LogP contribution in [0.15, 0.2) is 30.3 Å². The first-order chi connectivity index (χ1) is 13.0. The Morgan fingerprint density at radius 2 is 1.81 bits per heavy atom. The molecule has 0 aliphatic heterocycles. The van der Waals surface area contributed by atoms with Crippen molar-refractivity contribution in [1.29, 1.82) is 0 Å². The predicted molar refractivity (Wildman–Crippen MR) is 103 cm³/mol. The molecule has 0 atom stereocenters. The van der Waals surface area contributed by atoms with Crippen molar-refractivity contribution >= 4 is 11.9 Å². The highest BCUT2D eigenvalue weighted by Crippen LogP contribution is 2.21. The van der Waals surface area contributed by atoms with Crippen molar-refractivity contribution in [3.8, 4) is 5.69 Å². The highest BCUT2D eigenvalue weighted by molar-refractivity contribution is 5.91. The Balaban J connectivity index is 1.56. The van der Waals surface area contributed by atoms with Crippen LogP contribution in [0.5, 0.6) is 0 Å². The molecule has 2 aromatic rings. The van der Waals surface area contributed by atoms with Gasteiger partial charge in [0, 0.05) is 18.8 Å². The average molecular weight is 369 g/mol. The topological polar surface area (TPSA) is 64.4 Å². The molecule has 1 saturated carbocycles. The Labute approximate surface area is 160 Å². The number of likely N-dealkylation sites (N-methyl/N-ethyl adjacent to an activating group) is 1. The molecule has 1 aliphatic rings. The van der Waals surface area contributed by atoms with Gasteiger partial charge in [0.25, 0.3) is 5.91 Å². The van der Waals surface area contributed by atoms with Crippen LogP contribution in [0, 0.1) is 13.8 Å². The van der Waals surface area contributed by atoms with Gasteiger partial charge in [-0.25, -0.2) is 9.48 Å². The second-order valence-electron chi connectivity index (χ2n) is 7.26. The molecule has 0 unspecified atom stereocenters. The molecular weight excluding hydrogens is 342 g/mol. The maximum Gasteiger partial charge on any atom is 0.338 e. The minimum Gasteiger partial charge on any atom is -0.452 e. The van der Waals surface area contributed by atoms with Gasteiger partial charge in [-0.3, -0.25) is 4.79 Å². The lowest BCUT2D eigenvalue weighted by Crippen LogP contribution is -2.40. The van der Waals surface area contributed by atoms with Crippen LogP contribution in [-0.4, -0.2) is 46.3 Å². The normalized spacial score (nSPS) is 14.8. The maximum absolute atomic E-state index is 12.3. The van der Waals surface area contributed by atoms with Crippen molar-refractivity contribution in [2.45, 2.75) is 52.0 Å². The number of carbonyl (C=O) groups excluding carboxylic acids is 2. The summed E-state index contributed by atoms with van der Waals surface area (Å²) >= 11 is 0. The minimum absolute atomic E-state index is 0.144. The van der Waals surface area contributed by atoms with Crippen molar-refractivity contribution in [2.75, 3.05) is 13.7 Å². The summed E-state index contributed by atoms with van der Waals surface area (Å²) in [5.74, 6) is -0.630. The van der Waals surface area contributed by atoms with Gasteiger partial charge in [0.05, 0.1) is 16.9 Å². The van der Waals surface area contributed by atoms with E-state index in [2.05, 4.69) is 5.10 Å². The molecule has 27 heavy (non-hydrogen) atoms. The maximum atomic E-state index is 12.3. The van der Waals surface area contributed by atoms with Crippen LogP contribution < -0.4 is 0 Å². The summed E-state index contributed by atoms with van der Waals surface area (Å²) in [4.78, 5) is 26.3. The van der Waals surface area contributed by atoms with E-state index in [1.165, 1.54) is 6.42 Å². The molecule has 1 aromatic heterocycles. The smallest absolute Gasteiger partial charge is 0.338 e. The highest BCUT2D eigenvalue weighted by atomic mass is 16.5. The SMILES string of the molecule is Cc1cc(C)n(-c2ccc(C(=O)OCC(=O)N(C)C3CCCCC3)cc2)n1. The summed E-state index contributed by atoms with van der Waals surface area (Å²) in [6.45, 7) is 3.71. The summed E-state index contributed by atoms with van der Waals surface area (Å²) in [6, 6.07) is 9.31. The van der Waals surface area contributed by atoms with Crippen molar-refractivity contribution in [3.63, 3.8) is 0 Å². The van der Waals surface area contributed by atoms with Crippen LogP contribution in [0.25, 0.3) is 5.69 Å². The van der Waals surface area contributed by atoms with Crippen LogP contribution in [0.3, 0.4) is 0 Å². The van der Waals surface area contributed by atoms with Gasteiger partial charge in [0.2, 0.25) is 0 Å². The van der Waals surface area contributed by atoms with Crippen LogP contribution in [0.4, 0.5) is 0 Å². The van der Waals surface area contributed by atoms with Gasteiger partial charge < -0.3 is 9.64 Å². The average Bonchev–Trinajstić information content (AvgIpc) is 3.04. The summed E-state index contributed by atoms with van der Waals surface area (Å²) < 4.78 is 7.05. The van der Waals surface area contributed by atoms with Crippen LogP contribution in [-0.2, 0) is 9.53 Å². The first-order valence-electron chi connectivity index (χ1n) is 9.52. The third-order valence-electron chi connectivity index (χ3n) is 5.20. The van der Waals surface area contributed by atoms with Gasteiger partial charge in [0.1, 0.15) is 0 Å². The van der Waals surface area contributed by atoms with Gasteiger partial charge in [-0.15, -0.1) is 0 Å². The zero-order valence-corrected chi connectivity index (χ0v) is 16.3. The number of rotatable bonds is 5. The predicted octanol–water partition coefficient (Wildman–Crippen LogP) is 3.44. The van der Waals surface area contributed by atoms with E-state index in [9.17, 15) is 9.59 Å². The molecule has 1 heterocycles. The van der Waals surface area contributed by atoms with E-state index in [4.69, 9.17) is 4.74 Å². The van der Waals surface area contributed by atoms with E-state index >= 15 is 0 Å². The molecular formula is C21H27N3O3. The van der Waals surface area contributed by atoms with Gasteiger partial charge in [-0.1, -0.05) is 19.3 Å². The van der Waals surface area contributed by atoms with E-state index in [1.807, 2.05) is 36.7 Å². The lowest BCUT2D eigenvalue weighted by Gasteiger charge is -2.31. The van der Waals surface area contributed by atoms with E-state index in [1.54, 1.807) is 24.1 Å². The fraction of sp³-hybridized carbons (Fsp3) is 0.476. The van der Waals surface area contributed by atoms with E-state index in [0.717, 1.165) is 42.8 Å². The Kier molecular flexibility index (Phi) is 5.94. The monoisotopic (exact) mass is 369 g/mol. The highest BCUT2D eigenvalue weighted by Gasteiger charge is 2.23.